The summed E-state index contributed by atoms with van der Waals surface area (Å²) in [6, 6.07) is 6.86. The molecule has 0 saturated heterocycles. The number of nitrogens with one attached hydrogen (secondary N) is 1. The Morgan fingerprint density at radius 3 is 2.81 bits per heavy atom. The van der Waals surface area contributed by atoms with E-state index in [-0.39, 0.29) is 23.7 Å². The molecular weight excluding hydrogens is 334 g/mol. The van der Waals surface area contributed by atoms with E-state index in [1.54, 1.807) is 6.92 Å². The number of aryl methyl sites for hydroxylation is 2. The van der Waals surface area contributed by atoms with Crippen LogP contribution in [0.4, 0.5) is 5.69 Å². The third-order valence-electron chi connectivity index (χ3n) is 4.00. The van der Waals surface area contributed by atoms with Gasteiger partial charge in [0.1, 0.15) is 17.8 Å². The molecule has 0 radical (unpaired) electrons. The number of benzene rings is 1. The van der Waals surface area contributed by atoms with Crippen LogP contribution in [0, 0.1) is 6.92 Å². The first-order valence-electron chi connectivity index (χ1n) is 8.33. The summed E-state index contributed by atoms with van der Waals surface area (Å²) in [4.78, 5) is 28.4. The highest BCUT2D eigenvalue weighted by Crippen LogP contribution is 2.23. The highest BCUT2D eigenvalue weighted by Gasteiger charge is 2.12. The Labute approximate surface area is 150 Å². The Bertz CT molecular complexity index is 1020. The van der Waals surface area contributed by atoms with Crippen molar-refractivity contribution in [2.45, 2.75) is 26.7 Å². The molecule has 26 heavy (non-hydrogen) atoms. The lowest BCUT2D eigenvalue weighted by Crippen LogP contribution is -2.22. The lowest BCUT2D eigenvalue weighted by atomic mass is 10.2. The van der Waals surface area contributed by atoms with E-state index in [4.69, 9.17) is 9.15 Å². The van der Waals surface area contributed by atoms with Gasteiger partial charge in [0.25, 0.3) is 5.91 Å². The number of amides is 1. The second kappa shape index (κ2) is 7.03. The van der Waals surface area contributed by atoms with Gasteiger partial charge in [0.15, 0.2) is 6.61 Å². The number of aromatic nitrogens is 2. The van der Waals surface area contributed by atoms with Crippen LogP contribution in [-0.2, 0) is 11.8 Å². The zero-order chi connectivity index (χ0) is 18.8. The van der Waals surface area contributed by atoms with Crippen LogP contribution in [0.1, 0.15) is 31.4 Å². The molecule has 0 aliphatic rings. The maximum absolute atomic E-state index is 12.1. The summed E-state index contributed by atoms with van der Waals surface area (Å²) in [5, 5.41) is 2.75. The second-order valence-corrected chi connectivity index (χ2v) is 6.44. The molecule has 3 aromatic rings. The minimum atomic E-state index is -0.371. The number of nitrogens with zero attached hydrogens (tertiary/aromatic N) is 2. The number of rotatable bonds is 5. The van der Waals surface area contributed by atoms with Crippen molar-refractivity contribution in [3.05, 3.63) is 52.3 Å². The fourth-order valence-electron chi connectivity index (χ4n) is 2.75. The monoisotopic (exact) mass is 355 g/mol. The van der Waals surface area contributed by atoms with Crippen molar-refractivity contribution in [2.24, 2.45) is 7.05 Å². The maximum atomic E-state index is 12.1. The van der Waals surface area contributed by atoms with Crippen LogP contribution in [0.2, 0.25) is 0 Å². The molecule has 0 saturated carbocycles. The van der Waals surface area contributed by atoms with Crippen molar-refractivity contribution < 1.29 is 13.9 Å². The molecule has 0 aliphatic carbocycles. The number of carbonyl (C=O) groups is 1. The van der Waals surface area contributed by atoms with Gasteiger partial charge in [-0.15, -0.1) is 0 Å². The van der Waals surface area contributed by atoms with Gasteiger partial charge < -0.3 is 19.0 Å². The minimum Gasteiger partial charge on any atom is -0.477 e. The summed E-state index contributed by atoms with van der Waals surface area (Å²) < 4.78 is 12.4. The van der Waals surface area contributed by atoms with Crippen LogP contribution >= 0.6 is 0 Å². The average Bonchev–Trinajstić information content (AvgIpc) is 2.90. The quantitative estimate of drug-likeness (QED) is 0.760. The van der Waals surface area contributed by atoms with Gasteiger partial charge in [0.05, 0.1) is 11.0 Å². The number of hydrogen-bond donors (Lipinski definition) is 1. The minimum absolute atomic E-state index is 0.00695. The van der Waals surface area contributed by atoms with E-state index in [1.165, 1.54) is 12.3 Å². The Morgan fingerprint density at radius 1 is 1.35 bits per heavy atom. The van der Waals surface area contributed by atoms with Crippen molar-refractivity contribution in [1.82, 2.24) is 9.55 Å². The van der Waals surface area contributed by atoms with Gasteiger partial charge in [0.2, 0.25) is 11.2 Å². The summed E-state index contributed by atoms with van der Waals surface area (Å²) in [6.07, 6.45) is 1.21. The summed E-state index contributed by atoms with van der Waals surface area (Å²) in [7, 11) is 1.98. The van der Waals surface area contributed by atoms with Crippen LogP contribution in [-0.4, -0.2) is 22.1 Å². The van der Waals surface area contributed by atoms with Gasteiger partial charge in [0, 0.05) is 24.7 Å². The number of fused-ring (bicyclic) bond motifs is 1. The SMILES string of the molecule is Cc1cc(=O)c(OCC(=O)Nc2ccc3c(c2)nc(C(C)C)n3C)co1. The van der Waals surface area contributed by atoms with E-state index >= 15 is 0 Å². The molecule has 1 N–H and O–H groups in total. The fourth-order valence-corrected chi connectivity index (χ4v) is 2.75. The molecule has 1 aromatic carbocycles. The molecular formula is C19H21N3O4. The van der Waals surface area contributed by atoms with Crippen LogP contribution in [0.15, 0.2) is 39.7 Å². The summed E-state index contributed by atoms with van der Waals surface area (Å²) in [6.45, 7) is 5.55. The molecule has 0 fully saturated rings. The standard InChI is InChI=1S/C19H21N3O4/c1-11(2)19-21-14-8-13(5-6-15(14)22(19)4)20-18(24)10-26-17-9-25-12(3)7-16(17)23/h5-9,11H,10H2,1-4H3,(H,20,24). The topological polar surface area (TPSA) is 86.4 Å². The first-order chi connectivity index (χ1) is 12.3. The molecule has 7 heteroatoms. The Kier molecular flexibility index (Phi) is 4.79. The van der Waals surface area contributed by atoms with Crippen molar-refractivity contribution >= 4 is 22.6 Å². The number of ether oxygens (including phenoxy) is 1. The molecule has 0 atom stereocenters. The van der Waals surface area contributed by atoms with Crippen LogP contribution in [0.3, 0.4) is 0 Å². The van der Waals surface area contributed by atoms with E-state index in [2.05, 4.69) is 24.1 Å². The Morgan fingerprint density at radius 2 is 2.12 bits per heavy atom. The van der Waals surface area contributed by atoms with E-state index in [0.29, 0.717) is 17.4 Å². The highest BCUT2D eigenvalue weighted by atomic mass is 16.5. The smallest absolute Gasteiger partial charge is 0.262 e. The molecule has 3 rings (SSSR count). The predicted molar refractivity (Wildman–Crippen MR) is 98.6 cm³/mol. The Hall–Kier alpha value is -3.09. The number of hydrogen-bond acceptors (Lipinski definition) is 5. The summed E-state index contributed by atoms with van der Waals surface area (Å²) >= 11 is 0. The van der Waals surface area contributed by atoms with Gasteiger partial charge in [-0.25, -0.2) is 4.98 Å². The van der Waals surface area contributed by atoms with Crippen molar-refractivity contribution in [3.8, 4) is 5.75 Å². The van der Waals surface area contributed by atoms with Gasteiger partial charge >= 0.3 is 0 Å². The first kappa shape index (κ1) is 17.7. The molecule has 7 nitrogen and oxygen atoms in total. The zero-order valence-corrected chi connectivity index (χ0v) is 15.2. The Balaban J connectivity index is 1.70. The highest BCUT2D eigenvalue weighted by molar-refractivity contribution is 5.94. The first-order valence-corrected chi connectivity index (χ1v) is 8.33. The lowest BCUT2D eigenvalue weighted by Gasteiger charge is -2.07. The van der Waals surface area contributed by atoms with Crippen molar-refractivity contribution in [2.75, 3.05) is 11.9 Å². The maximum Gasteiger partial charge on any atom is 0.262 e. The number of imidazole rings is 1. The van der Waals surface area contributed by atoms with E-state index < -0.39 is 0 Å². The third-order valence-corrected chi connectivity index (χ3v) is 4.00. The molecule has 0 aliphatic heterocycles. The molecule has 1 amide bonds. The van der Waals surface area contributed by atoms with Crippen LogP contribution < -0.4 is 15.5 Å². The van der Waals surface area contributed by atoms with Crippen molar-refractivity contribution in [1.29, 1.82) is 0 Å². The second-order valence-electron chi connectivity index (χ2n) is 6.44. The molecule has 0 spiro atoms. The van der Waals surface area contributed by atoms with Gasteiger partial charge in [-0.2, -0.15) is 0 Å². The van der Waals surface area contributed by atoms with Gasteiger partial charge in [-0.05, 0) is 25.1 Å². The van der Waals surface area contributed by atoms with Crippen LogP contribution in [0.25, 0.3) is 11.0 Å². The molecule has 0 bridgehead atoms. The van der Waals surface area contributed by atoms with E-state index in [9.17, 15) is 9.59 Å². The number of anilines is 1. The summed E-state index contributed by atoms with van der Waals surface area (Å²) in [5.41, 5.74) is 2.11. The molecule has 0 unspecified atom stereocenters. The van der Waals surface area contributed by atoms with Crippen LogP contribution in [0.5, 0.6) is 5.75 Å². The zero-order valence-electron chi connectivity index (χ0n) is 15.2. The molecule has 2 heterocycles. The summed E-state index contributed by atoms with van der Waals surface area (Å²) in [5.74, 6) is 1.41. The van der Waals surface area contributed by atoms with Crippen molar-refractivity contribution in [3.63, 3.8) is 0 Å². The normalized spacial score (nSPS) is 11.1. The largest absolute Gasteiger partial charge is 0.477 e. The van der Waals surface area contributed by atoms with E-state index in [1.807, 2.05) is 29.8 Å². The molecule has 2 aromatic heterocycles. The number of carbonyl (C=O) groups excluding carboxylic acids is 1. The van der Waals surface area contributed by atoms with Gasteiger partial charge in [-0.1, -0.05) is 13.8 Å². The average molecular weight is 355 g/mol. The third kappa shape index (κ3) is 3.61. The fraction of sp³-hybridized carbons (Fsp3) is 0.316. The predicted octanol–water partition coefficient (Wildman–Crippen LogP) is 2.98. The lowest BCUT2D eigenvalue weighted by molar-refractivity contribution is -0.118. The molecule has 136 valence electrons. The van der Waals surface area contributed by atoms with E-state index in [0.717, 1.165) is 16.9 Å². The van der Waals surface area contributed by atoms with Gasteiger partial charge in [-0.3, -0.25) is 9.59 Å².